The third-order valence-electron chi connectivity index (χ3n) is 1.61. The third-order valence-corrected chi connectivity index (χ3v) is 1.61. The minimum atomic E-state index is -0.784. The number of hydrogen-bond acceptors (Lipinski definition) is 3. The lowest BCUT2D eigenvalue weighted by Crippen LogP contribution is -2.24. The molecule has 0 N–H and O–H groups in total. The smallest absolute Gasteiger partial charge is 0.274 e. The van der Waals surface area contributed by atoms with Crippen LogP contribution in [0.15, 0.2) is 12.3 Å². The molecule has 0 aliphatic carbocycles. The number of rotatable bonds is 2. The molecular weight excluding hydrogens is 187 g/mol. The first-order valence-electron chi connectivity index (χ1n) is 3.88. The highest BCUT2D eigenvalue weighted by Crippen LogP contribution is 2.07. The van der Waals surface area contributed by atoms with Crippen LogP contribution in [0.5, 0.6) is 0 Å². The molecule has 4 nitrogen and oxygen atoms in total. The predicted octanol–water partition coefficient (Wildman–Crippen LogP) is 0.735. The van der Waals surface area contributed by atoms with Crippen molar-refractivity contribution in [3.05, 3.63) is 29.3 Å². The fraction of sp³-hybridized carbons (Fsp3) is 0.222. The molecule has 14 heavy (non-hydrogen) atoms. The van der Waals surface area contributed by atoms with Gasteiger partial charge in [0.1, 0.15) is 0 Å². The molecule has 0 saturated carbocycles. The number of carbonyl (C=O) groups is 2. The van der Waals surface area contributed by atoms with E-state index < -0.39 is 11.7 Å². The van der Waals surface area contributed by atoms with E-state index in [9.17, 15) is 14.0 Å². The first kappa shape index (κ1) is 10.3. The largest absolute Gasteiger partial charge is 0.343 e. The molecule has 0 bridgehead atoms. The Hall–Kier alpha value is -1.78. The second kappa shape index (κ2) is 3.95. The lowest BCUT2D eigenvalue weighted by molar-refractivity contribution is 0.0816. The first-order valence-corrected chi connectivity index (χ1v) is 3.88. The number of carbonyl (C=O) groups excluding carboxylic acids is 2. The van der Waals surface area contributed by atoms with Crippen LogP contribution in [0, 0.1) is 5.82 Å². The maximum Gasteiger partial charge on any atom is 0.274 e. The van der Waals surface area contributed by atoms with Gasteiger partial charge in [-0.2, -0.15) is 0 Å². The quantitative estimate of drug-likeness (QED) is 0.655. The molecule has 1 rings (SSSR count). The Bertz CT molecular complexity index is 377. The van der Waals surface area contributed by atoms with Gasteiger partial charge in [-0.1, -0.05) is 0 Å². The maximum absolute atomic E-state index is 13.2. The maximum atomic E-state index is 13.2. The first-order chi connectivity index (χ1) is 6.56. The standard InChI is InChI=1S/C9H9FN2O2/c1-12(2)9(14)8-7(10)3-6(5-13)4-11-8/h3-5H,1-2H3. The number of aromatic nitrogens is 1. The van der Waals surface area contributed by atoms with Crippen molar-refractivity contribution < 1.29 is 14.0 Å². The van der Waals surface area contributed by atoms with Crippen molar-refractivity contribution in [1.29, 1.82) is 0 Å². The second-order valence-electron chi connectivity index (χ2n) is 2.92. The molecule has 0 unspecified atom stereocenters. The van der Waals surface area contributed by atoms with Crippen LogP contribution in [-0.2, 0) is 0 Å². The topological polar surface area (TPSA) is 50.3 Å². The number of pyridine rings is 1. The van der Waals surface area contributed by atoms with E-state index in [0.717, 1.165) is 12.3 Å². The van der Waals surface area contributed by atoms with Gasteiger partial charge in [0.25, 0.3) is 5.91 Å². The molecule has 0 radical (unpaired) electrons. The Kier molecular flexibility index (Phi) is 2.91. The van der Waals surface area contributed by atoms with Crippen molar-refractivity contribution >= 4 is 12.2 Å². The summed E-state index contributed by atoms with van der Waals surface area (Å²) in [6.45, 7) is 0. The highest BCUT2D eigenvalue weighted by molar-refractivity contribution is 5.92. The lowest BCUT2D eigenvalue weighted by Gasteiger charge is -2.09. The van der Waals surface area contributed by atoms with E-state index in [0.29, 0.717) is 6.29 Å². The Morgan fingerprint density at radius 3 is 2.64 bits per heavy atom. The molecule has 1 aromatic heterocycles. The average molecular weight is 196 g/mol. The summed E-state index contributed by atoms with van der Waals surface area (Å²) in [5.74, 6) is -1.31. The molecule has 1 heterocycles. The Labute approximate surface area is 80.4 Å². The second-order valence-corrected chi connectivity index (χ2v) is 2.92. The van der Waals surface area contributed by atoms with Gasteiger partial charge in [-0.05, 0) is 6.07 Å². The number of nitrogens with zero attached hydrogens (tertiary/aromatic N) is 2. The Morgan fingerprint density at radius 2 is 2.21 bits per heavy atom. The lowest BCUT2D eigenvalue weighted by atomic mass is 10.2. The van der Waals surface area contributed by atoms with Gasteiger partial charge in [-0.3, -0.25) is 9.59 Å². The van der Waals surface area contributed by atoms with E-state index in [1.54, 1.807) is 0 Å². The van der Waals surface area contributed by atoms with Crippen LogP contribution < -0.4 is 0 Å². The molecule has 0 spiro atoms. The normalized spacial score (nSPS) is 9.64. The molecule has 1 amide bonds. The molecule has 1 aromatic rings. The number of hydrogen-bond donors (Lipinski definition) is 0. The number of amides is 1. The van der Waals surface area contributed by atoms with Crippen molar-refractivity contribution in [3.8, 4) is 0 Å². The zero-order chi connectivity index (χ0) is 10.7. The van der Waals surface area contributed by atoms with E-state index in [1.807, 2.05) is 0 Å². The SMILES string of the molecule is CN(C)C(=O)c1ncc(C=O)cc1F. The summed E-state index contributed by atoms with van der Waals surface area (Å²) in [6, 6.07) is 0.983. The minimum absolute atomic E-state index is 0.109. The van der Waals surface area contributed by atoms with Crippen molar-refractivity contribution in [2.24, 2.45) is 0 Å². The average Bonchev–Trinajstić information content (AvgIpc) is 2.16. The van der Waals surface area contributed by atoms with Crippen molar-refractivity contribution in [2.45, 2.75) is 0 Å². The van der Waals surface area contributed by atoms with Crippen LogP contribution >= 0.6 is 0 Å². The van der Waals surface area contributed by atoms with E-state index in [2.05, 4.69) is 4.98 Å². The van der Waals surface area contributed by atoms with Crippen molar-refractivity contribution in [2.75, 3.05) is 14.1 Å². The van der Waals surface area contributed by atoms with E-state index in [4.69, 9.17) is 0 Å². The molecule has 0 saturated heterocycles. The fourth-order valence-corrected chi connectivity index (χ4v) is 0.886. The molecule has 5 heteroatoms. The van der Waals surface area contributed by atoms with Crippen LogP contribution in [0.25, 0.3) is 0 Å². The summed E-state index contributed by atoms with van der Waals surface area (Å²) in [4.78, 5) is 26.4. The monoisotopic (exact) mass is 196 g/mol. The van der Waals surface area contributed by atoms with Gasteiger partial charge < -0.3 is 4.90 Å². The molecular formula is C9H9FN2O2. The summed E-state index contributed by atoms with van der Waals surface area (Å²) in [5.41, 5.74) is -0.168. The van der Waals surface area contributed by atoms with Crippen molar-refractivity contribution in [3.63, 3.8) is 0 Å². The summed E-state index contributed by atoms with van der Waals surface area (Å²) in [5, 5.41) is 0. The zero-order valence-corrected chi connectivity index (χ0v) is 7.82. The summed E-state index contributed by atoms with van der Waals surface area (Å²) in [6.07, 6.45) is 1.63. The molecule has 0 aromatic carbocycles. The summed E-state index contributed by atoms with van der Waals surface area (Å²) < 4.78 is 13.2. The predicted molar refractivity (Wildman–Crippen MR) is 47.6 cm³/mol. The Morgan fingerprint density at radius 1 is 1.57 bits per heavy atom. The van der Waals surface area contributed by atoms with Gasteiger partial charge in [0.15, 0.2) is 17.8 Å². The molecule has 74 valence electrons. The van der Waals surface area contributed by atoms with Crippen LogP contribution in [0.4, 0.5) is 4.39 Å². The minimum Gasteiger partial charge on any atom is -0.343 e. The van der Waals surface area contributed by atoms with Gasteiger partial charge in [-0.25, -0.2) is 9.37 Å². The van der Waals surface area contributed by atoms with Gasteiger partial charge in [0.05, 0.1) is 0 Å². The van der Waals surface area contributed by atoms with Gasteiger partial charge in [0, 0.05) is 25.9 Å². The number of halogens is 1. The third kappa shape index (κ3) is 1.93. The molecule has 0 aliphatic heterocycles. The zero-order valence-electron chi connectivity index (χ0n) is 7.82. The highest BCUT2D eigenvalue weighted by Gasteiger charge is 2.15. The van der Waals surface area contributed by atoms with Gasteiger partial charge in [0.2, 0.25) is 0 Å². The highest BCUT2D eigenvalue weighted by atomic mass is 19.1. The van der Waals surface area contributed by atoms with Crippen LogP contribution in [0.2, 0.25) is 0 Å². The van der Waals surface area contributed by atoms with Crippen molar-refractivity contribution in [1.82, 2.24) is 9.88 Å². The molecule has 0 aliphatic rings. The van der Waals surface area contributed by atoms with E-state index in [1.165, 1.54) is 19.0 Å². The van der Waals surface area contributed by atoms with E-state index >= 15 is 0 Å². The van der Waals surface area contributed by atoms with Gasteiger partial charge >= 0.3 is 0 Å². The van der Waals surface area contributed by atoms with Crippen LogP contribution in [0.3, 0.4) is 0 Å². The van der Waals surface area contributed by atoms with Crippen LogP contribution in [0.1, 0.15) is 20.8 Å². The Balaban J connectivity index is 3.12. The molecule has 0 fully saturated rings. The summed E-state index contributed by atoms with van der Waals surface area (Å²) in [7, 11) is 2.99. The summed E-state index contributed by atoms with van der Waals surface area (Å²) >= 11 is 0. The van der Waals surface area contributed by atoms with Crippen LogP contribution in [-0.4, -0.2) is 36.2 Å². The number of aldehydes is 1. The fourth-order valence-electron chi connectivity index (χ4n) is 0.886. The molecule has 0 atom stereocenters. The van der Waals surface area contributed by atoms with E-state index in [-0.39, 0.29) is 11.3 Å². The van der Waals surface area contributed by atoms with Gasteiger partial charge in [-0.15, -0.1) is 0 Å².